The molecule has 2 aromatic rings. The molecule has 1 heterocycles. The Hall–Kier alpha value is -3.09. The van der Waals surface area contributed by atoms with Gasteiger partial charge in [0.1, 0.15) is 0 Å². The van der Waals surface area contributed by atoms with Gasteiger partial charge in [-0.15, -0.1) is 0 Å². The summed E-state index contributed by atoms with van der Waals surface area (Å²) >= 11 is 0. The molecule has 0 unspecified atom stereocenters. The molecule has 0 amide bonds. The Labute approximate surface area is 182 Å². The molecule has 0 saturated carbocycles. The van der Waals surface area contributed by atoms with Gasteiger partial charge in [-0.25, -0.2) is 0 Å². The Balaban J connectivity index is 2.01. The summed E-state index contributed by atoms with van der Waals surface area (Å²) in [6.45, 7) is 2.37. The van der Waals surface area contributed by atoms with Crippen molar-refractivity contribution in [1.82, 2.24) is 0 Å². The Bertz CT molecular complexity index is 1010. The fourth-order valence-electron chi connectivity index (χ4n) is 5.11. The lowest BCUT2D eigenvalue weighted by molar-refractivity contribution is -0.141. The van der Waals surface area contributed by atoms with Crippen LogP contribution in [0.4, 0.5) is 0 Å². The number of rotatable bonds is 6. The van der Waals surface area contributed by atoms with Crippen molar-refractivity contribution in [2.45, 2.75) is 19.3 Å². The average Bonchev–Trinajstić information content (AvgIpc) is 3.15. The Morgan fingerprint density at radius 2 is 1.48 bits per heavy atom. The van der Waals surface area contributed by atoms with Gasteiger partial charge in [0.15, 0.2) is 23.0 Å². The third kappa shape index (κ3) is 3.23. The molecular formula is C24H28O7. The summed E-state index contributed by atoms with van der Waals surface area (Å²) in [5.41, 5.74) is 3.85. The lowest BCUT2D eigenvalue weighted by atomic mass is 9.67. The van der Waals surface area contributed by atoms with Gasteiger partial charge in [-0.3, -0.25) is 4.79 Å². The van der Waals surface area contributed by atoms with Gasteiger partial charge >= 0.3 is 5.97 Å². The fraction of sp³-hybridized carbons (Fsp3) is 0.458. The van der Waals surface area contributed by atoms with E-state index in [0.29, 0.717) is 41.8 Å². The summed E-state index contributed by atoms with van der Waals surface area (Å²) in [5.74, 6) is 2.26. The summed E-state index contributed by atoms with van der Waals surface area (Å²) in [6, 6.07) is 5.96. The minimum atomic E-state index is -0.322. The molecule has 7 nitrogen and oxygen atoms in total. The summed E-state index contributed by atoms with van der Waals surface area (Å²) in [6.07, 6.45) is 0.700. The molecule has 0 bridgehead atoms. The van der Waals surface area contributed by atoms with Gasteiger partial charge < -0.3 is 28.4 Å². The van der Waals surface area contributed by atoms with E-state index in [-0.39, 0.29) is 23.7 Å². The highest BCUT2D eigenvalue weighted by Gasteiger charge is 2.49. The maximum atomic E-state index is 12.9. The largest absolute Gasteiger partial charge is 0.493 e. The molecule has 2 aliphatic rings. The first-order valence-electron chi connectivity index (χ1n) is 10.2. The number of benzene rings is 2. The standard InChI is InChI=1S/C24H28O7/c1-12-7-13(9-16(26-2)21(12)28-4)18-19-14(8-15-11-31-24(25)20(15)18)10-17(27-3)22(29-5)23(19)30-6/h7,9-10,15,18,20H,8,11H2,1-6H3/t15-,18-,20-/m0/s1. The smallest absolute Gasteiger partial charge is 0.310 e. The van der Waals surface area contributed by atoms with Crippen LogP contribution in [0.15, 0.2) is 18.2 Å². The van der Waals surface area contributed by atoms with Crippen molar-refractivity contribution in [3.05, 3.63) is 40.5 Å². The molecule has 0 N–H and O–H groups in total. The van der Waals surface area contributed by atoms with Crippen molar-refractivity contribution in [2.75, 3.05) is 42.2 Å². The number of hydrogen-bond donors (Lipinski definition) is 0. The molecule has 3 atom stereocenters. The molecule has 166 valence electrons. The van der Waals surface area contributed by atoms with Crippen LogP contribution in [0.25, 0.3) is 0 Å². The van der Waals surface area contributed by atoms with Crippen LogP contribution >= 0.6 is 0 Å². The third-order valence-electron chi connectivity index (χ3n) is 6.37. The number of fused-ring (bicyclic) bond motifs is 2. The number of methoxy groups -OCH3 is 5. The van der Waals surface area contributed by atoms with E-state index in [2.05, 4.69) is 0 Å². The number of ether oxygens (including phenoxy) is 6. The highest BCUT2D eigenvalue weighted by atomic mass is 16.5. The maximum Gasteiger partial charge on any atom is 0.310 e. The molecule has 1 saturated heterocycles. The zero-order valence-corrected chi connectivity index (χ0v) is 18.7. The van der Waals surface area contributed by atoms with Crippen LogP contribution in [0.2, 0.25) is 0 Å². The average molecular weight is 428 g/mol. The molecule has 4 rings (SSSR count). The first kappa shape index (κ1) is 21.2. The van der Waals surface area contributed by atoms with Gasteiger partial charge in [0.25, 0.3) is 0 Å². The quantitative estimate of drug-likeness (QED) is 0.652. The number of carbonyl (C=O) groups is 1. The van der Waals surface area contributed by atoms with Gasteiger partial charge in [-0.2, -0.15) is 0 Å². The van der Waals surface area contributed by atoms with E-state index >= 15 is 0 Å². The van der Waals surface area contributed by atoms with Gasteiger partial charge in [-0.05, 0) is 42.2 Å². The molecule has 0 aromatic heterocycles. The van der Waals surface area contributed by atoms with Crippen LogP contribution in [-0.4, -0.2) is 48.1 Å². The molecule has 1 aliphatic carbocycles. The molecular weight excluding hydrogens is 400 g/mol. The second-order valence-electron chi connectivity index (χ2n) is 7.89. The van der Waals surface area contributed by atoms with E-state index in [9.17, 15) is 4.79 Å². The van der Waals surface area contributed by atoms with E-state index in [0.717, 1.165) is 22.3 Å². The maximum absolute atomic E-state index is 12.9. The number of carbonyl (C=O) groups excluding carboxylic acids is 1. The highest BCUT2D eigenvalue weighted by Crippen LogP contribution is 2.55. The second kappa shape index (κ2) is 8.21. The second-order valence-corrected chi connectivity index (χ2v) is 7.89. The first-order chi connectivity index (χ1) is 15.0. The lowest BCUT2D eigenvalue weighted by Gasteiger charge is -2.35. The monoisotopic (exact) mass is 428 g/mol. The van der Waals surface area contributed by atoms with Crippen molar-refractivity contribution in [2.24, 2.45) is 11.8 Å². The van der Waals surface area contributed by atoms with Crippen LogP contribution in [0.1, 0.15) is 28.2 Å². The van der Waals surface area contributed by atoms with Crippen LogP contribution in [0, 0.1) is 18.8 Å². The number of cyclic esters (lactones) is 1. The zero-order valence-electron chi connectivity index (χ0n) is 18.7. The summed E-state index contributed by atoms with van der Waals surface area (Å²) in [5, 5.41) is 0. The van der Waals surface area contributed by atoms with E-state index in [4.69, 9.17) is 28.4 Å². The van der Waals surface area contributed by atoms with Crippen molar-refractivity contribution < 1.29 is 33.2 Å². The summed E-state index contributed by atoms with van der Waals surface area (Å²) in [4.78, 5) is 12.9. The van der Waals surface area contributed by atoms with Gasteiger partial charge in [0, 0.05) is 17.4 Å². The van der Waals surface area contributed by atoms with Crippen molar-refractivity contribution in [3.63, 3.8) is 0 Å². The molecule has 1 fully saturated rings. The van der Waals surface area contributed by atoms with Gasteiger partial charge in [0.2, 0.25) is 5.75 Å². The van der Waals surface area contributed by atoms with Crippen LogP contribution < -0.4 is 23.7 Å². The predicted molar refractivity (Wildman–Crippen MR) is 114 cm³/mol. The normalized spacial score (nSPS) is 21.6. The van der Waals surface area contributed by atoms with Crippen LogP contribution in [0.5, 0.6) is 28.7 Å². The molecule has 31 heavy (non-hydrogen) atoms. The zero-order chi connectivity index (χ0) is 22.3. The van der Waals surface area contributed by atoms with E-state index in [1.807, 2.05) is 25.1 Å². The van der Waals surface area contributed by atoms with Gasteiger partial charge in [-0.1, -0.05) is 6.07 Å². The van der Waals surface area contributed by atoms with Gasteiger partial charge in [0.05, 0.1) is 48.1 Å². The Morgan fingerprint density at radius 1 is 0.839 bits per heavy atom. The molecule has 0 radical (unpaired) electrons. The third-order valence-corrected chi connectivity index (χ3v) is 6.37. The van der Waals surface area contributed by atoms with Crippen LogP contribution in [0.3, 0.4) is 0 Å². The lowest BCUT2D eigenvalue weighted by Crippen LogP contribution is -2.32. The predicted octanol–water partition coefficient (Wildman–Crippen LogP) is 3.52. The minimum absolute atomic E-state index is 0.0706. The van der Waals surface area contributed by atoms with E-state index < -0.39 is 0 Å². The SMILES string of the molecule is COc1cc([C@H]2c3c(cc(OC)c(OC)c3OC)C[C@H]3COC(=O)[C@@H]32)cc(C)c1OC. The first-order valence-corrected chi connectivity index (χ1v) is 10.2. The summed E-state index contributed by atoms with van der Waals surface area (Å²) < 4.78 is 33.7. The highest BCUT2D eigenvalue weighted by molar-refractivity contribution is 5.79. The van der Waals surface area contributed by atoms with E-state index in [1.165, 1.54) is 0 Å². The Morgan fingerprint density at radius 3 is 2.10 bits per heavy atom. The molecule has 7 heteroatoms. The van der Waals surface area contributed by atoms with Crippen molar-refractivity contribution >= 4 is 5.97 Å². The number of aryl methyl sites for hydroxylation is 1. The minimum Gasteiger partial charge on any atom is -0.493 e. The van der Waals surface area contributed by atoms with Crippen LogP contribution in [-0.2, 0) is 16.0 Å². The molecule has 1 aliphatic heterocycles. The number of hydrogen-bond acceptors (Lipinski definition) is 7. The summed E-state index contributed by atoms with van der Waals surface area (Å²) in [7, 11) is 8.01. The molecule has 0 spiro atoms. The topological polar surface area (TPSA) is 72.5 Å². The molecule has 2 aromatic carbocycles. The van der Waals surface area contributed by atoms with Crippen molar-refractivity contribution in [1.29, 1.82) is 0 Å². The Kier molecular flexibility index (Phi) is 5.60. The van der Waals surface area contributed by atoms with Crippen molar-refractivity contribution in [3.8, 4) is 28.7 Å². The fourth-order valence-corrected chi connectivity index (χ4v) is 5.11. The number of esters is 1. The van der Waals surface area contributed by atoms with E-state index in [1.54, 1.807) is 35.5 Å².